The van der Waals surface area contributed by atoms with Gasteiger partial charge < -0.3 is 20.1 Å². The van der Waals surface area contributed by atoms with Crippen molar-refractivity contribution in [3.8, 4) is 0 Å². The number of ether oxygens (including phenoxy) is 2. The van der Waals surface area contributed by atoms with E-state index in [4.69, 9.17) is 9.47 Å². The lowest BCUT2D eigenvalue weighted by Gasteiger charge is -2.21. The third kappa shape index (κ3) is 12.8. The zero-order chi connectivity index (χ0) is 19.3. The predicted molar refractivity (Wildman–Crippen MR) is 120 cm³/mol. The van der Waals surface area contributed by atoms with Crippen molar-refractivity contribution in [2.24, 2.45) is 10.9 Å². The highest BCUT2D eigenvalue weighted by molar-refractivity contribution is 14.0. The predicted octanol–water partition coefficient (Wildman–Crippen LogP) is 1.27. The summed E-state index contributed by atoms with van der Waals surface area (Å²) < 4.78 is 35.6. The van der Waals surface area contributed by atoms with E-state index in [0.717, 1.165) is 64.6 Å². The summed E-state index contributed by atoms with van der Waals surface area (Å²) in [6.07, 6.45) is 5.10. The molecular formula is C17H37IN4O4S. The summed E-state index contributed by atoms with van der Waals surface area (Å²) in [5, 5.41) is 6.45. The minimum absolute atomic E-state index is 0. The van der Waals surface area contributed by atoms with Gasteiger partial charge in [0.1, 0.15) is 0 Å². The molecule has 10 heteroatoms. The maximum Gasteiger partial charge on any atom is 0.211 e. The fourth-order valence-electron chi connectivity index (χ4n) is 2.79. The first-order valence-corrected chi connectivity index (χ1v) is 11.4. The van der Waals surface area contributed by atoms with Crippen LogP contribution in [0.5, 0.6) is 0 Å². The Kier molecular flexibility index (Phi) is 15.6. The molecule has 0 amide bonds. The monoisotopic (exact) mass is 520 g/mol. The quantitative estimate of drug-likeness (QED) is 0.174. The minimum atomic E-state index is -3.11. The van der Waals surface area contributed by atoms with E-state index in [0.29, 0.717) is 25.6 Å². The first kappa shape index (κ1) is 26.8. The lowest BCUT2D eigenvalue weighted by Crippen LogP contribution is -2.40. The molecule has 2 N–H and O–H groups in total. The van der Waals surface area contributed by atoms with Crippen molar-refractivity contribution >= 4 is 40.0 Å². The standard InChI is InChI=1S/C17H36N4O4S.HI/c1-4-21(26(3,22)23)11-5-9-19-17(18-2)20-10-6-12-25-15-16-7-13-24-14-8-16;/h16H,4-15H2,1-3H3,(H2,18,19,20);1H. The van der Waals surface area contributed by atoms with E-state index in [1.54, 1.807) is 7.05 Å². The molecule has 0 aromatic rings. The summed E-state index contributed by atoms with van der Waals surface area (Å²) >= 11 is 0. The van der Waals surface area contributed by atoms with Gasteiger partial charge in [-0.05, 0) is 31.6 Å². The minimum Gasteiger partial charge on any atom is -0.381 e. The zero-order valence-corrected chi connectivity index (χ0v) is 20.1. The van der Waals surface area contributed by atoms with Crippen LogP contribution in [-0.4, -0.2) is 84.6 Å². The summed E-state index contributed by atoms with van der Waals surface area (Å²) in [4.78, 5) is 4.17. The number of rotatable bonds is 12. The molecule has 1 aliphatic rings. The molecule has 8 nitrogen and oxygen atoms in total. The second kappa shape index (κ2) is 15.7. The van der Waals surface area contributed by atoms with E-state index in [2.05, 4.69) is 15.6 Å². The third-order valence-electron chi connectivity index (χ3n) is 4.37. The summed E-state index contributed by atoms with van der Waals surface area (Å²) in [6, 6.07) is 0. The molecule has 0 spiro atoms. The topological polar surface area (TPSA) is 92.3 Å². The van der Waals surface area contributed by atoms with Crippen molar-refractivity contribution in [1.29, 1.82) is 0 Å². The molecule has 0 aromatic carbocycles. The molecule has 27 heavy (non-hydrogen) atoms. The van der Waals surface area contributed by atoms with Gasteiger partial charge >= 0.3 is 0 Å². The van der Waals surface area contributed by atoms with Gasteiger partial charge in [-0.2, -0.15) is 0 Å². The molecule has 0 aromatic heterocycles. The Labute approximate surface area is 181 Å². The van der Waals surface area contributed by atoms with Crippen molar-refractivity contribution in [2.45, 2.75) is 32.6 Å². The fraction of sp³-hybridized carbons (Fsp3) is 0.941. The number of aliphatic imine (C=N–C) groups is 1. The zero-order valence-electron chi connectivity index (χ0n) is 16.9. The highest BCUT2D eigenvalue weighted by Gasteiger charge is 2.14. The maximum atomic E-state index is 11.5. The molecule has 162 valence electrons. The summed E-state index contributed by atoms with van der Waals surface area (Å²) in [5.41, 5.74) is 0. The van der Waals surface area contributed by atoms with Crippen molar-refractivity contribution in [2.75, 3.05) is 65.9 Å². The average Bonchev–Trinajstić information content (AvgIpc) is 2.62. The van der Waals surface area contributed by atoms with Crippen LogP contribution < -0.4 is 10.6 Å². The van der Waals surface area contributed by atoms with Gasteiger partial charge in [-0.25, -0.2) is 12.7 Å². The van der Waals surface area contributed by atoms with Gasteiger partial charge in [0, 0.05) is 59.7 Å². The number of nitrogens with zero attached hydrogens (tertiary/aromatic N) is 2. The Balaban J connectivity index is 0.00000676. The number of guanidine groups is 1. The van der Waals surface area contributed by atoms with Crippen LogP contribution in [0.15, 0.2) is 4.99 Å². The van der Waals surface area contributed by atoms with Gasteiger partial charge in [0.05, 0.1) is 6.26 Å². The summed E-state index contributed by atoms with van der Waals surface area (Å²) in [6.45, 7) is 7.60. The Bertz CT molecular complexity index is 499. The van der Waals surface area contributed by atoms with Crippen LogP contribution in [0, 0.1) is 5.92 Å². The van der Waals surface area contributed by atoms with Crippen LogP contribution in [0.4, 0.5) is 0 Å². The van der Waals surface area contributed by atoms with E-state index in [1.807, 2.05) is 6.92 Å². The van der Waals surface area contributed by atoms with Gasteiger partial charge in [0.2, 0.25) is 10.0 Å². The molecule has 1 rings (SSSR count). The summed E-state index contributed by atoms with van der Waals surface area (Å²) in [5.74, 6) is 1.37. The number of hydrogen-bond acceptors (Lipinski definition) is 5. The average molecular weight is 520 g/mol. The molecule has 1 aliphatic heterocycles. The first-order chi connectivity index (χ1) is 12.5. The highest BCUT2D eigenvalue weighted by Crippen LogP contribution is 2.14. The van der Waals surface area contributed by atoms with Crippen molar-refractivity contribution in [1.82, 2.24) is 14.9 Å². The highest BCUT2D eigenvalue weighted by atomic mass is 127. The molecule has 0 radical (unpaired) electrons. The lowest BCUT2D eigenvalue weighted by atomic mass is 10.0. The van der Waals surface area contributed by atoms with E-state index < -0.39 is 10.0 Å². The molecule has 1 saturated heterocycles. The normalized spacial score (nSPS) is 16.2. The van der Waals surface area contributed by atoms with E-state index in [-0.39, 0.29) is 24.0 Å². The second-order valence-electron chi connectivity index (χ2n) is 6.52. The molecule has 0 aliphatic carbocycles. The molecular weight excluding hydrogens is 483 g/mol. The van der Waals surface area contributed by atoms with Crippen molar-refractivity contribution in [3.05, 3.63) is 0 Å². The van der Waals surface area contributed by atoms with E-state index >= 15 is 0 Å². The van der Waals surface area contributed by atoms with Crippen LogP contribution >= 0.6 is 24.0 Å². The fourth-order valence-corrected chi connectivity index (χ4v) is 3.72. The second-order valence-corrected chi connectivity index (χ2v) is 8.50. The maximum absolute atomic E-state index is 11.5. The van der Waals surface area contributed by atoms with E-state index in [9.17, 15) is 8.42 Å². The number of hydrogen-bond donors (Lipinski definition) is 2. The van der Waals surface area contributed by atoms with Crippen LogP contribution in [0.2, 0.25) is 0 Å². The Hall–Kier alpha value is -0.170. The van der Waals surface area contributed by atoms with Crippen molar-refractivity contribution in [3.63, 3.8) is 0 Å². The lowest BCUT2D eigenvalue weighted by molar-refractivity contribution is 0.0203. The smallest absolute Gasteiger partial charge is 0.211 e. The molecule has 0 atom stereocenters. The Morgan fingerprint density at radius 2 is 1.85 bits per heavy atom. The first-order valence-electron chi connectivity index (χ1n) is 9.52. The van der Waals surface area contributed by atoms with Gasteiger partial charge in [-0.15, -0.1) is 24.0 Å². The largest absolute Gasteiger partial charge is 0.381 e. The molecule has 0 unspecified atom stereocenters. The molecule has 0 saturated carbocycles. The number of halogens is 1. The van der Waals surface area contributed by atoms with Crippen LogP contribution in [0.3, 0.4) is 0 Å². The van der Waals surface area contributed by atoms with Gasteiger partial charge in [0.25, 0.3) is 0 Å². The number of nitrogens with one attached hydrogen (secondary N) is 2. The van der Waals surface area contributed by atoms with Gasteiger partial charge in [0.15, 0.2) is 5.96 Å². The molecule has 1 fully saturated rings. The molecule has 0 bridgehead atoms. The third-order valence-corrected chi connectivity index (χ3v) is 5.75. The van der Waals surface area contributed by atoms with Gasteiger partial charge in [-0.3, -0.25) is 4.99 Å². The van der Waals surface area contributed by atoms with Gasteiger partial charge in [-0.1, -0.05) is 6.92 Å². The van der Waals surface area contributed by atoms with E-state index in [1.165, 1.54) is 10.6 Å². The Morgan fingerprint density at radius 3 is 2.41 bits per heavy atom. The molecule has 1 heterocycles. The SMILES string of the molecule is CCN(CCCNC(=NC)NCCCOCC1CCOCC1)S(C)(=O)=O.I. The Morgan fingerprint density at radius 1 is 1.22 bits per heavy atom. The van der Waals surface area contributed by atoms with Crippen LogP contribution in [0.1, 0.15) is 32.6 Å². The van der Waals surface area contributed by atoms with Crippen molar-refractivity contribution < 1.29 is 17.9 Å². The van der Waals surface area contributed by atoms with Crippen LogP contribution in [-0.2, 0) is 19.5 Å². The number of sulfonamides is 1. The van der Waals surface area contributed by atoms with Crippen LogP contribution in [0.25, 0.3) is 0 Å². The summed E-state index contributed by atoms with van der Waals surface area (Å²) in [7, 11) is -1.39.